The third-order valence-electron chi connectivity index (χ3n) is 6.31. The van der Waals surface area contributed by atoms with E-state index in [-0.39, 0.29) is 0 Å². The molecule has 0 amide bonds. The van der Waals surface area contributed by atoms with Gasteiger partial charge < -0.3 is 14.3 Å². The number of hydrogen-bond acceptors (Lipinski definition) is 5. The minimum Gasteiger partial charge on any atom is -0.346 e. The molecule has 33 heavy (non-hydrogen) atoms. The molecule has 4 aromatic rings. The van der Waals surface area contributed by atoms with Crippen molar-refractivity contribution in [3.63, 3.8) is 0 Å². The van der Waals surface area contributed by atoms with Crippen LogP contribution >= 0.6 is 0 Å². The van der Waals surface area contributed by atoms with Gasteiger partial charge in [0.05, 0.1) is 23.0 Å². The number of aromatic amines is 1. The van der Waals surface area contributed by atoms with Crippen LogP contribution in [-0.2, 0) is 6.54 Å². The highest BCUT2D eigenvalue weighted by atomic mass is 15.2. The summed E-state index contributed by atoms with van der Waals surface area (Å²) in [4.78, 5) is 13.0. The molecule has 0 bridgehead atoms. The fraction of sp³-hybridized carbons (Fsp3) is 0.269. The first-order valence-corrected chi connectivity index (χ1v) is 11.2. The van der Waals surface area contributed by atoms with Gasteiger partial charge in [-0.2, -0.15) is 10.5 Å². The predicted molar refractivity (Wildman–Crippen MR) is 127 cm³/mol. The molecule has 0 saturated carbocycles. The molecule has 4 heterocycles. The normalized spacial score (nSPS) is 15.2. The number of imidazole rings is 1. The third kappa shape index (κ3) is 4.25. The number of benzene rings is 1. The van der Waals surface area contributed by atoms with Crippen LogP contribution in [0.25, 0.3) is 28.2 Å². The van der Waals surface area contributed by atoms with E-state index in [0.717, 1.165) is 73.0 Å². The number of nitriles is 2. The van der Waals surface area contributed by atoms with Crippen molar-refractivity contribution in [2.75, 3.05) is 33.2 Å². The standard InChI is InChI=1S/C26H25N7/c1-31-11-2-12-32(14-13-31)18-24-26(20-5-3-19(15-27)4-6-20)30-25-10-7-21(17-33(24)25)23-9-8-22(16-28)29-23/h3-10,17,29H,2,11-14,18H2,1H3. The Hall–Kier alpha value is -3.91. The predicted octanol–water partition coefficient (Wildman–Crippen LogP) is 3.88. The van der Waals surface area contributed by atoms with Gasteiger partial charge in [-0.15, -0.1) is 0 Å². The van der Waals surface area contributed by atoms with Crippen LogP contribution in [0, 0.1) is 22.7 Å². The second-order valence-corrected chi connectivity index (χ2v) is 8.57. The van der Waals surface area contributed by atoms with E-state index in [4.69, 9.17) is 4.98 Å². The van der Waals surface area contributed by atoms with Crippen molar-refractivity contribution in [2.24, 2.45) is 0 Å². The number of aromatic nitrogens is 3. The lowest BCUT2D eigenvalue weighted by atomic mass is 10.1. The zero-order valence-corrected chi connectivity index (χ0v) is 18.6. The molecule has 1 saturated heterocycles. The highest BCUT2D eigenvalue weighted by Gasteiger charge is 2.20. The fourth-order valence-corrected chi connectivity index (χ4v) is 4.44. The quantitative estimate of drug-likeness (QED) is 0.526. The van der Waals surface area contributed by atoms with Gasteiger partial charge in [0.2, 0.25) is 0 Å². The van der Waals surface area contributed by atoms with Gasteiger partial charge in [-0.3, -0.25) is 4.90 Å². The first-order chi connectivity index (χ1) is 16.1. The fourth-order valence-electron chi connectivity index (χ4n) is 4.44. The van der Waals surface area contributed by atoms with E-state index in [0.29, 0.717) is 11.3 Å². The zero-order valence-electron chi connectivity index (χ0n) is 18.6. The highest BCUT2D eigenvalue weighted by Crippen LogP contribution is 2.29. The summed E-state index contributed by atoms with van der Waals surface area (Å²) in [5.41, 5.74) is 7.06. The molecular weight excluding hydrogens is 410 g/mol. The Labute approximate surface area is 193 Å². The van der Waals surface area contributed by atoms with Crippen molar-refractivity contribution in [3.05, 3.63) is 71.7 Å². The van der Waals surface area contributed by atoms with Crippen LogP contribution in [0.5, 0.6) is 0 Å². The molecule has 164 valence electrons. The summed E-state index contributed by atoms with van der Waals surface area (Å²) >= 11 is 0. The Balaban J connectivity index is 1.60. The Morgan fingerprint density at radius 2 is 1.73 bits per heavy atom. The molecule has 0 unspecified atom stereocenters. The maximum absolute atomic E-state index is 9.19. The molecule has 1 fully saturated rings. The second-order valence-electron chi connectivity index (χ2n) is 8.57. The van der Waals surface area contributed by atoms with Gasteiger partial charge >= 0.3 is 0 Å². The van der Waals surface area contributed by atoms with E-state index >= 15 is 0 Å². The van der Waals surface area contributed by atoms with Crippen molar-refractivity contribution >= 4 is 5.65 Å². The molecule has 1 aromatic carbocycles. The van der Waals surface area contributed by atoms with Crippen molar-refractivity contribution < 1.29 is 0 Å². The third-order valence-corrected chi connectivity index (χ3v) is 6.31. The molecule has 7 nitrogen and oxygen atoms in total. The van der Waals surface area contributed by atoms with Crippen LogP contribution in [0.3, 0.4) is 0 Å². The largest absolute Gasteiger partial charge is 0.346 e. The van der Waals surface area contributed by atoms with E-state index in [9.17, 15) is 10.5 Å². The molecule has 1 aliphatic rings. The molecular formula is C26H25N7. The van der Waals surface area contributed by atoms with Gasteiger partial charge in [-0.1, -0.05) is 12.1 Å². The Morgan fingerprint density at radius 3 is 2.48 bits per heavy atom. The molecule has 0 aliphatic carbocycles. The number of pyridine rings is 1. The molecule has 5 rings (SSSR count). The number of nitrogens with zero attached hydrogens (tertiary/aromatic N) is 6. The van der Waals surface area contributed by atoms with Crippen LogP contribution in [-0.4, -0.2) is 57.4 Å². The van der Waals surface area contributed by atoms with Gasteiger partial charge in [0.1, 0.15) is 17.4 Å². The van der Waals surface area contributed by atoms with Crippen molar-refractivity contribution in [1.82, 2.24) is 24.2 Å². The monoisotopic (exact) mass is 435 g/mol. The molecule has 0 radical (unpaired) electrons. The maximum Gasteiger partial charge on any atom is 0.137 e. The topological polar surface area (TPSA) is 87.1 Å². The number of fused-ring (bicyclic) bond motifs is 1. The Bertz CT molecular complexity index is 1360. The molecule has 3 aromatic heterocycles. The summed E-state index contributed by atoms with van der Waals surface area (Å²) in [5, 5.41) is 18.4. The van der Waals surface area contributed by atoms with Crippen molar-refractivity contribution in [2.45, 2.75) is 13.0 Å². The van der Waals surface area contributed by atoms with E-state index in [1.54, 1.807) is 6.07 Å². The van der Waals surface area contributed by atoms with Crippen molar-refractivity contribution in [3.8, 4) is 34.7 Å². The SMILES string of the molecule is CN1CCCN(Cc2c(-c3ccc(C#N)cc3)nc3ccc(-c4ccc(C#N)[nH]4)cn23)CC1. The highest BCUT2D eigenvalue weighted by molar-refractivity contribution is 5.70. The molecule has 1 aliphatic heterocycles. The number of likely N-dealkylation sites (N-methyl/N-ethyl adjacent to an activating group) is 1. The number of nitrogens with one attached hydrogen (secondary N) is 1. The van der Waals surface area contributed by atoms with Gasteiger partial charge in [-0.05, 0) is 63.0 Å². The van der Waals surface area contributed by atoms with E-state index in [2.05, 4.69) is 44.6 Å². The van der Waals surface area contributed by atoms with Gasteiger partial charge in [0, 0.05) is 42.7 Å². The number of rotatable bonds is 4. The average molecular weight is 436 g/mol. The van der Waals surface area contributed by atoms with Gasteiger partial charge in [0.15, 0.2) is 0 Å². The lowest BCUT2D eigenvalue weighted by molar-refractivity contribution is 0.266. The average Bonchev–Trinajstić information content (AvgIpc) is 3.41. The van der Waals surface area contributed by atoms with Crippen LogP contribution in [0.4, 0.5) is 0 Å². The van der Waals surface area contributed by atoms with Crippen molar-refractivity contribution in [1.29, 1.82) is 10.5 Å². The summed E-state index contributed by atoms with van der Waals surface area (Å²) < 4.78 is 2.17. The summed E-state index contributed by atoms with van der Waals surface area (Å²) in [5.74, 6) is 0. The summed E-state index contributed by atoms with van der Waals surface area (Å²) in [6.07, 6.45) is 3.24. The van der Waals surface area contributed by atoms with Crippen LogP contribution in [0.1, 0.15) is 23.4 Å². The molecule has 0 spiro atoms. The smallest absolute Gasteiger partial charge is 0.137 e. The van der Waals surface area contributed by atoms with Crippen LogP contribution in [0.2, 0.25) is 0 Å². The molecule has 7 heteroatoms. The first kappa shape index (κ1) is 21.0. The lowest BCUT2D eigenvalue weighted by Gasteiger charge is -2.20. The summed E-state index contributed by atoms with van der Waals surface area (Å²) in [7, 11) is 2.18. The first-order valence-electron chi connectivity index (χ1n) is 11.2. The molecule has 0 atom stereocenters. The lowest BCUT2D eigenvalue weighted by Crippen LogP contribution is -2.29. The summed E-state index contributed by atoms with van der Waals surface area (Å²) in [6, 6.07) is 19.8. The zero-order chi connectivity index (χ0) is 22.8. The van der Waals surface area contributed by atoms with Gasteiger partial charge in [0.25, 0.3) is 0 Å². The second kappa shape index (κ2) is 8.91. The Kier molecular flexibility index (Phi) is 5.66. The van der Waals surface area contributed by atoms with Crippen LogP contribution < -0.4 is 0 Å². The minimum atomic E-state index is 0.544. The molecule has 1 N–H and O–H groups in total. The van der Waals surface area contributed by atoms with Crippen LogP contribution in [0.15, 0.2) is 54.7 Å². The Morgan fingerprint density at radius 1 is 0.909 bits per heavy atom. The minimum absolute atomic E-state index is 0.544. The van der Waals surface area contributed by atoms with E-state index in [1.807, 2.05) is 42.5 Å². The van der Waals surface area contributed by atoms with E-state index < -0.39 is 0 Å². The van der Waals surface area contributed by atoms with E-state index in [1.165, 1.54) is 0 Å². The summed E-state index contributed by atoms with van der Waals surface area (Å²) in [6.45, 7) is 5.02. The van der Waals surface area contributed by atoms with Gasteiger partial charge in [-0.25, -0.2) is 4.98 Å². The number of H-pyrrole nitrogens is 1. The number of hydrogen-bond donors (Lipinski definition) is 1. The maximum atomic E-state index is 9.19.